The molecule has 41 heavy (non-hydrogen) atoms. The van der Waals surface area contributed by atoms with Crippen molar-refractivity contribution in [2.24, 2.45) is 5.41 Å². The lowest BCUT2D eigenvalue weighted by Crippen LogP contribution is -2.13. The first-order chi connectivity index (χ1) is 19.9. The summed E-state index contributed by atoms with van der Waals surface area (Å²) in [5, 5.41) is 15.4. The number of nitriles is 1. The number of unbranched alkanes of at least 4 members (excludes halogenated alkanes) is 1. The van der Waals surface area contributed by atoms with Crippen LogP contribution >= 0.6 is 11.3 Å². The summed E-state index contributed by atoms with van der Waals surface area (Å²) >= 11 is 1.75. The van der Waals surface area contributed by atoms with Crippen LogP contribution in [0.3, 0.4) is 0 Å². The van der Waals surface area contributed by atoms with Gasteiger partial charge in [0.15, 0.2) is 0 Å². The van der Waals surface area contributed by atoms with E-state index in [0.717, 1.165) is 71.6 Å². The third-order valence-electron chi connectivity index (χ3n) is 7.79. The van der Waals surface area contributed by atoms with Crippen LogP contribution in [0.15, 0.2) is 61.1 Å². The van der Waals surface area contributed by atoms with Crippen molar-refractivity contribution in [3.63, 3.8) is 0 Å². The average molecular weight is 566 g/mol. The van der Waals surface area contributed by atoms with Crippen molar-refractivity contribution in [1.29, 1.82) is 5.26 Å². The number of nitrogens with one attached hydrogen (secondary N) is 2. The van der Waals surface area contributed by atoms with Gasteiger partial charge < -0.3 is 10.3 Å². The number of allylic oxidation sites excluding steroid dienone is 1. The number of pyridine rings is 1. The lowest BCUT2D eigenvalue weighted by Gasteiger charge is -2.23. The van der Waals surface area contributed by atoms with Crippen LogP contribution in [0.2, 0.25) is 0 Å². The molecule has 0 saturated carbocycles. The van der Waals surface area contributed by atoms with Crippen LogP contribution in [-0.4, -0.2) is 28.5 Å². The van der Waals surface area contributed by atoms with Gasteiger partial charge in [-0.15, -0.1) is 11.3 Å². The molecule has 0 amide bonds. The number of hydrogen-bond donors (Lipinski definition) is 2. The third kappa shape index (κ3) is 7.61. The van der Waals surface area contributed by atoms with Crippen molar-refractivity contribution in [3.05, 3.63) is 82.6 Å². The maximum Gasteiger partial charge on any atom is 0.144 e. The average Bonchev–Trinajstić information content (AvgIpc) is 3.62. The van der Waals surface area contributed by atoms with Crippen LogP contribution in [0.4, 0.5) is 0 Å². The molecule has 0 spiro atoms. The SMILES string of the molecule is C=Cc1cnc(-c2ncc(CC(C)(C)CCCC)s2)c2[nH]cc(CCC/C(CCNC)=C(/C#N)c3ccccc3)c12. The van der Waals surface area contributed by atoms with E-state index in [1.807, 2.05) is 55.8 Å². The molecule has 0 unspecified atom stereocenters. The molecule has 214 valence electrons. The Morgan fingerprint density at radius 2 is 1.95 bits per heavy atom. The van der Waals surface area contributed by atoms with Crippen molar-refractivity contribution in [2.45, 2.75) is 72.1 Å². The second kappa shape index (κ2) is 14.4. The predicted octanol–water partition coefficient (Wildman–Crippen LogP) is 9.00. The molecule has 0 saturated heterocycles. The quantitative estimate of drug-likeness (QED) is 0.141. The molecule has 4 rings (SSSR count). The molecule has 0 bridgehead atoms. The molecule has 1 aromatic carbocycles. The van der Waals surface area contributed by atoms with Gasteiger partial charge in [0.05, 0.1) is 17.2 Å². The Morgan fingerprint density at radius 3 is 2.66 bits per heavy atom. The zero-order valence-electron chi connectivity index (χ0n) is 25.0. The lowest BCUT2D eigenvalue weighted by molar-refractivity contribution is 0.323. The van der Waals surface area contributed by atoms with Gasteiger partial charge in [-0.1, -0.05) is 82.2 Å². The summed E-state index contributed by atoms with van der Waals surface area (Å²) in [5.74, 6) is 0. The van der Waals surface area contributed by atoms with E-state index in [0.29, 0.717) is 0 Å². The van der Waals surface area contributed by atoms with Gasteiger partial charge in [0.25, 0.3) is 0 Å². The molecular formula is C35H43N5S. The first kappa shape index (κ1) is 30.4. The van der Waals surface area contributed by atoms with Gasteiger partial charge in [0, 0.05) is 34.4 Å². The summed E-state index contributed by atoms with van der Waals surface area (Å²) in [7, 11) is 1.96. The van der Waals surface area contributed by atoms with Crippen LogP contribution < -0.4 is 5.32 Å². The Kier molecular flexibility index (Phi) is 10.7. The molecule has 0 aliphatic rings. The lowest BCUT2D eigenvalue weighted by atomic mass is 9.83. The zero-order chi connectivity index (χ0) is 29.2. The van der Waals surface area contributed by atoms with Crippen molar-refractivity contribution in [3.8, 4) is 16.8 Å². The van der Waals surface area contributed by atoms with E-state index in [2.05, 4.69) is 49.9 Å². The predicted molar refractivity (Wildman–Crippen MR) is 175 cm³/mol. The largest absolute Gasteiger partial charge is 0.359 e. The number of rotatable bonds is 15. The van der Waals surface area contributed by atoms with E-state index in [1.165, 1.54) is 40.7 Å². The molecule has 0 atom stereocenters. The summed E-state index contributed by atoms with van der Waals surface area (Å²) in [6, 6.07) is 12.5. The Labute approximate surface area is 249 Å². The third-order valence-corrected chi connectivity index (χ3v) is 8.79. The van der Waals surface area contributed by atoms with Crippen LogP contribution in [0.1, 0.15) is 80.9 Å². The van der Waals surface area contributed by atoms with Gasteiger partial charge in [0.2, 0.25) is 0 Å². The van der Waals surface area contributed by atoms with Gasteiger partial charge in [-0.2, -0.15) is 5.26 Å². The van der Waals surface area contributed by atoms with E-state index >= 15 is 0 Å². The molecule has 4 aromatic rings. The van der Waals surface area contributed by atoms with E-state index in [-0.39, 0.29) is 5.41 Å². The fourth-order valence-corrected chi connectivity index (χ4v) is 6.74. The van der Waals surface area contributed by atoms with Gasteiger partial charge >= 0.3 is 0 Å². The second-order valence-corrected chi connectivity index (χ2v) is 12.7. The van der Waals surface area contributed by atoms with E-state index < -0.39 is 0 Å². The molecule has 0 fully saturated rings. The zero-order valence-corrected chi connectivity index (χ0v) is 25.8. The number of benzene rings is 1. The highest BCUT2D eigenvalue weighted by molar-refractivity contribution is 7.15. The molecule has 3 heterocycles. The molecular weight excluding hydrogens is 522 g/mol. The van der Waals surface area contributed by atoms with Crippen LogP contribution in [0.5, 0.6) is 0 Å². The summed E-state index contributed by atoms with van der Waals surface area (Å²) in [4.78, 5) is 14.5. The van der Waals surface area contributed by atoms with E-state index in [4.69, 9.17) is 9.97 Å². The number of nitrogens with zero attached hydrogens (tertiary/aromatic N) is 3. The van der Waals surface area contributed by atoms with E-state index in [9.17, 15) is 5.26 Å². The molecule has 0 aliphatic heterocycles. The maximum absolute atomic E-state index is 10.0. The van der Waals surface area contributed by atoms with Crippen molar-refractivity contribution >= 4 is 33.9 Å². The van der Waals surface area contributed by atoms with Crippen LogP contribution in [0, 0.1) is 16.7 Å². The summed E-state index contributed by atoms with van der Waals surface area (Å²) in [6.45, 7) is 11.9. The first-order valence-corrected chi connectivity index (χ1v) is 15.6. The van der Waals surface area contributed by atoms with Gasteiger partial charge in [-0.25, -0.2) is 4.98 Å². The summed E-state index contributed by atoms with van der Waals surface area (Å²) < 4.78 is 0. The number of fused-ring (bicyclic) bond motifs is 1. The number of hydrogen-bond acceptors (Lipinski definition) is 5. The standard InChI is InChI=1S/C35H43N5S/c1-6-8-18-35(3,4)20-29-24-40-34(41-29)33-32-31(25(7-2)22-39-33)28(23-38-32)16-12-15-27(17-19-37-5)30(21-36)26-13-10-9-11-14-26/h7,9-11,13-14,22-24,37-38H,2,6,8,12,15-20H2,1,3-5H3/b30-27+. The summed E-state index contributed by atoms with van der Waals surface area (Å²) in [5.41, 5.74) is 7.48. The Balaban J connectivity index is 1.57. The normalized spacial score (nSPS) is 12.4. The molecule has 5 nitrogen and oxygen atoms in total. The number of aromatic nitrogens is 3. The van der Waals surface area contributed by atoms with Crippen LogP contribution in [0.25, 0.3) is 33.3 Å². The first-order valence-electron chi connectivity index (χ1n) is 14.8. The number of H-pyrrole nitrogens is 1. The Bertz CT molecular complexity index is 1520. The van der Waals surface area contributed by atoms with Crippen LogP contribution in [-0.2, 0) is 12.8 Å². The van der Waals surface area contributed by atoms with Gasteiger partial charge in [0.1, 0.15) is 10.7 Å². The van der Waals surface area contributed by atoms with Crippen molar-refractivity contribution in [2.75, 3.05) is 13.6 Å². The number of aromatic amines is 1. The maximum atomic E-state index is 10.0. The molecule has 3 aromatic heterocycles. The monoisotopic (exact) mass is 565 g/mol. The van der Waals surface area contributed by atoms with Gasteiger partial charge in [-0.3, -0.25) is 4.98 Å². The van der Waals surface area contributed by atoms with Gasteiger partial charge in [-0.05, 0) is 68.7 Å². The van der Waals surface area contributed by atoms with Crippen molar-refractivity contribution < 1.29 is 0 Å². The van der Waals surface area contributed by atoms with E-state index in [1.54, 1.807) is 11.3 Å². The fourth-order valence-electron chi connectivity index (χ4n) is 5.57. The molecule has 2 N–H and O–H groups in total. The van der Waals surface area contributed by atoms with Crippen molar-refractivity contribution in [1.82, 2.24) is 20.3 Å². The smallest absolute Gasteiger partial charge is 0.144 e. The molecule has 0 aliphatic carbocycles. The Hall–Kier alpha value is -3.53. The topological polar surface area (TPSA) is 77.4 Å². The highest BCUT2D eigenvalue weighted by atomic mass is 32.1. The molecule has 0 radical (unpaired) electrons. The minimum atomic E-state index is 0.265. The number of thiazole rings is 1. The Morgan fingerprint density at radius 1 is 1.15 bits per heavy atom. The highest BCUT2D eigenvalue weighted by Gasteiger charge is 2.21. The summed E-state index contributed by atoms with van der Waals surface area (Å²) in [6.07, 6.45) is 16.3. The fraction of sp³-hybridized carbons (Fsp3) is 0.400. The molecule has 6 heteroatoms. The minimum absolute atomic E-state index is 0.265. The number of aryl methyl sites for hydroxylation is 1. The highest BCUT2D eigenvalue weighted by Crippen LogP contribution is 2.36. The minimum Gasteiger partial charge on any atom is -0.359 e. The second-order valence-electron chi connectivity index (χ2n) is 11.6.